The molecule has 0 aliphatic carbocycles. The highest BCUT2D eigenvalue weighted by Crippen LogP contribution is 2.24. The lowest BCUT2D eigenvalue weighted by Gasteiger charge is -2.06. The highest BCUT2D eigenvalue weighted by molar-refractivity contribution is 5.96. The molecule has 2 rings (SSSR count). The number of aromatic carboxylic acids is 1. The average molecular weight is 283 g/mol. The third-order valence-corrected chi connectivity index (χ3v) is 2.74. The van der Waals surface area contributed by atoms with Crippen LogP contribution in [0.15, 0.2) is 53.6 Å². The maximum Gasteiger partial charge on any atom is 0.336 e. The van der Waals surface area contributed by atoms with Gasteiger partial charge in [0.15, 0.2) is 0 Å². The van der Waals surface area contributed by atoms with Crippen LogP contribution in [-0.4, -0.2) is 23.3 Å². The molecule has 106 valence electrons. The Morgan fingerprint density at radius 3 is 2.62 bits per heavy atom. The van der Waals surface area contributed by atoms with Crippen LogP contribution >= 0.6 is 0 Å². The summed E-state index contributed by atoms with van der Waals surface area (Å²) in [6.07, 6.45) is 1.43. The molecule has 0 aromatic heterocycles. The Labute approximate surface area is 120 Å². The Bertz CT molecular complexity index is 711. The van der Waals surface area contributed by atoms with Gasteiger partial charge in [-0.3, -0.25) is 0 Å². The minimum Gasteiger partial charge on any atom is -0.478 e. The van der Waals surface area contributed by atoms with Crippen molar-refractivity contribution in [3.63, 3.8) is 0 Å². The SMILES string of the molecule is NC(=O)NN=Cc1cccc(-c2ccccc2C(=O)O)c1. The van der Waals surface area contributed by atoms with Crippen LogP contribution in [0.5, 0.6) is 0 Å². The van der Waals surface area contributed by atoms with Crippen molar-refractivity contribution in [3.8, 4) is 11.1 Å². The van der Waals surface area contributed by atoms with Gasteiger partial charge < -0.3 is 10.8 Å². The quantitative estimate of drug-likeness (QED) is 0.590. The van der Waals surface area contributed by atoms with Gasteiger partial charge in [-0.2, -0.15) is 5.10 Å². The number of rotatable bonds is 4. The standard InChI is InChI=1S/C15H13N3O3/c16-15(21)18-17-9-10-4-3-5-11(8-10)12-6-1-2-7-13(12)14(19)20/h1-9H,(H,19,20)(H3,16,18,21). The largest absolute Gasteiger partial charge is 0.478 e. The molecule has 21 heavy (non-hydrogen) atoms. The lowest BCUT2D eigenvalue weighted by molar-refractivity contribution is 0.0697. The predicted molar refractivity (Wildman–Crippen MR) is 79.2 cm³/mol. The van der Waals surface area contributed by atoms with E-state index in [1.54, 1.807) is 48.5 Å². The number of benzene rings is 2. The van der Waals surface area contributed by atoms with Crippen molar-refractivity contribution >= 4 is 18.2 Å². The number of carboxylic acids is 1. The number of nitrogens with zero attached hydrogens (tertiary/aromatic N) is 1. The number of carbonyl (C=O) groups is 2. The third-order valence-electron chi connectivity index (χ3n) is 2.74. The maximum atomic E-state index is 11.2. The van der Waals surface area contributed by atoms with Crippen LogP contribution in [0.3, 0.4) is 0 Å². The van der Waals surface area contributed by atoms with Crippen LogP contribution < -0.4 is 11.2 Å². The Morgan fingerprint density at radius 1 is 1.14 bits per heavy atom. The van der Waals surface area contributed by atoms with Gasteiger partial charge in [-0.1, -0.05) is 36.4 Å². The zero-order chi connectivity index (χ0) is 15.2. The van der Waals surface area contributed by atoms with Crippen molar-refractivity contribution in [3.05, 3.63) is 59.7 Å². The molecule has 0 unspecified atom stereocenters. The molecule has 0 radical (unpaired) electrons. The first kappa shape index (κ1) is 14.3. The molecule has 4 N–H and O–H groups in total. The summed E-state index contributed by atoms with van der Waals surface area (Å²) in [5.41, 5.74) is 9.29. The van der Waals surface area contributed by atoms with Crippen LogP contribution in [-0.2, 0) is 0 Å². The summed E-state index contributed by atoms with van der Waals surface area (Å²) in [6.45, 7) is 0. The van der Waals surface area contributed by atoms with E-state index in [0.29, 0.717) is 11.1 Å². The third kappa shape index (κ3) is 3.66. The molecule has 0 fully saturated rings. The molecule has 0 atom stereocenters. The van der Waals surface area contributed by atoms with Crippen LogP contribution in [0, 0.1) is 0 Å². The fraction of sp³-hybridized carbons (Fsp3) is 0. The minimum atomic E-state index is -0.986. The first-order valence-electron chi connectivity index (χ1n) is 6.09. The molecular formula is C15H13N3O3. The Morgan fingerprint density at radius 2 is 1.90 bits per heavy atom. The van der Waals surface area contributed by atoms with E-state index in [2.05, 4.69) is 10.5 Å². The van der Waals surface area contributed by atoms with Crippen molar-refractivity contribution in [2.24, 2.45) is 10.8 Å². The monoisotopic (exact) mass is 283 g/mol. The van der Waals surface area contributed by atoms with Crippen LogP contribution in [0.1, 0.15) is 15.9 Å². The maximum absolute atomic E-state index is 11.2. The van der Waals surface area contributed by atoms with Crippen LogP contribution in [0.25, 0.3) is 11.1 Å². The van der Waals surface area contributed by atoms with E-state index >= 15 is 0 Å². The van der Waals surface area contributed by atoms with Gasteiger partial charge in [0.1, 0.15) is 0 Å². The second kappa shape index (κ2) is 6.33. The second-order valence-electron chi connectivity index (χ2n) is 4.21. The summed E-state index contributed by atoms with van der Waals surface area (Å²) in [6, 6.07) is 13.1. The molecule has 0 saturated carbocycles. The topological polar surface area (TPSA) is 105 Å². The highest BCUT2D eigenvalue weighted by atomic mass is 16.4. The number of hydrogen-bond acceptors (Lipinski definition) is 3. The molecule has 6 heteroatoms. The molecule has 0 aliphatic rings. The molecule has 0 saturated heterocycles. The molecule has 0 spiro atoms. The zero-order valence-electron chi connectivity index (χ0n) is 11.0. The predicted octanol–water partition coefficient (Wildman–Crippen LogP) is 2.05. The fourth-order valence-corrected chi connectivity index (χ4v) is 1.88. The molecule has 6 nitrogen and oxygen atoms in total. The van der Waals surface area contributed by atoms with Gasteiger partial charge in [-0.15, -0.1) is 0 Å². The molecule has 2 aromatic rings. The van der Waals surface area contributed by atoms with Gasteiger partial charge >= 0.3 is 12.0 Å². The zero-order valence-corrected chi connectivity index (χ0v) is 11.0. The number of amides is 2. The molecule has 2 aromatic carbocycles. The van der Waals surface area contributed by atoms with E-state index in [4.69, 9.17) is 5.73 Å². The van der Waals surface area contributed by atoms with E-state index in [9.17, 15) is 14.7 Å². The van der Waals surface area contributed by atoms with Gasteiger partial charge in [-0.05, 0) is 28.8 Å². The van der Waals surface area contributed by atoms with Crippen molar-refractivity contribution in [1.29, 1.82) is 0 Å². The lowest BCUT2D eigenvalue weighted by atomic mass is 9.98. The van der Waals surface area contributed by atoms with Gasteiger partial charge in [0.2, 0.25) is 0 Å². The number of carbonyl (C=O) groups excluding carboxylic acids is 1. The Balaban J connectivity index is 2.36. The first-order chi connectivity index (χ1) is 10.1. The molecular weight excluding hydrogens is 270 g/mol. The average Bonchev–Trinajstić information content (AvgIpc) is 2.47. The smallest absolute Gasteiger partial charge is 0.336 e. The molecule has 0 heterocycles. The summed E-state index contributed by atoms with van der Waals surface area (Å²) in [5, 5.41) is 12.9. The normalized spacial score (nSPS) is 10.5. The molecule has 0 aliphatic heterocycles. The fourth-order valence-electron chi connectivity index (χ4n) is 1.88. The van der Waals surface area contributed by atoms with Crippen molar-refractivity contribution in [2.45, 2.75) is 0 Å². The van der Waals surface area contributed by atoms with E-state index in [-0.39, 0.29) is 5.56 Å². The first-order valence-corrected chi connectivity index (χ1v) is 6.09. The Kier molecular flexibility index (Phi) is 4.30. The summed E-state index contributed by atoms with van der Waals surface area (Å²) in [4.78, 5) is 21.8. The summed E-state index contributed by atoms with van der Waals surface area (Å²) >= 11 is 0. The van der Waals surface area contributed by atoms with E-state index in [1.807, 2.05) is 0 Å². The second-order valence-corrected chi connectivity index (χ2v) is 4.21. The number of hydrogen-bond donors (Lipinski definition) is 3. The number of hydrazone groups is 1. The molecule has 0 bridgehead atoms. The Hall–Kier alpha value is -3.15. The lowest BCUT2D eigenvalue weighted by Crippen LogP contribution is -2.24. The summed E-state index contributed by atoms with van der Waals surface area (Å²) < 4.78 is 0. The van der Waals surface area contributed by atoms with Gasteiger partial charge in [0, 0.05) is 0 Å². The number of carboxylic acid groups (broad SMARTS) is 1. The number of primary amides is 1. The molecule has 2 amide bonds. The van der Waals surface area contributed by atoms with E-state index < -0.39 is 12.0 Å². The minimum absolute atomic E-state index is 0.224. The highest BCUT2D eigenvalue weighted by Gasteiger charge is 2.10. The van der Waals surface area contributed by atoms with E-state index in [1.165, 1.54) is 6.21 Å². The van der Waals surface area contributed by atoms with Gasteiger partial charge in [0.25, 0.3) is 0 Å². The van der Waals surface area contributed by atoms with E-state index in [0.717, 1.165) is 5.56 Å². The number of nitrogens with two attached hydrogens (primary N) is 1. The van der Waals surface area contributed by atoms with Crippen molar-refractivity contribution in [1.82, 2.24) is 5.43 Å². The summed E-state index contributed by atoms with van der Waals surface area (Å²) in [7, 11) is 0. The van der Waals surface area contributed by atoms with Gasteiger partial charge in [0.05, 0.1) is 11.8 Å². The summed E-state index contributed by atoms with van der Waals surface area (Å²) in [5.74, 6) is -0.986. The van der Waals surface area contributed by atoms with Gasteiger partial charge in [-0.25, -0.2) is 15.0 Å². The van der Waals surface area contributed by atoms with Crippen molar-refractivity contribution in [2.75, 3.05) is 0 Å². The van der Waals surface area contributed by atoms with Crippen molar-refractivity contribution < 1.29 is 14.7 Å². The van der Waals surface area contributed by atoms with Crippen LogP contribution in [0.2, 0.25) is 0 Å². The number of urea groups is 1. The van der Waals surface area contributed by atoms with Crippen LogP contribution in [0.4, 0.5) is 4.79 Å². The number of nitrogens with one attached hydrogen (secondary N) is 1.